The smallest absolute Gasteiger partial charge is 0.346 e. The Morgan fingerprint density at radius 1 is 0.833 bits per heavy atom. The van der Waals surface area contributed by atoms with Crippen molar-refractivity contribution < 1.29 is 16.8 Å². The molecule has 0 saturated carbocycles. The van der Waals surface area contributed by atoms with Gasteiger partial charge in [-0.15, -0.1) is 0 Å². The van der Waals surface area contributed by atoms with Gasteiger partial charge in [-0.2, -0.15) is 13.8 Å². The van der Waals surface area contributed by atoms with Crippen molar-refractivity contribution in [3.63, 3.8) is 0 Å². The topological polar surface area (TPSA) is 0 Å². The molecule has 0 atom stereocenters. The summed E-state index contributed by atoms with van der Waals surface area (Å²) in [6.45, 7) is 10.0. The van der Waals surface area contributed by atoms with Gasteiger partial charge >= 0.3 is 16.8 Å². The van der Waals surface area contributed by atoms with E-state index in [2.05, 4.69) is 13.8 Å². The molecule has 0 rings (SSSR count). The SMILES string of the molecule is [AlH3].[CH2-]C.[CH2-]C.[Co+2]. The third-order valence-corrected chi connectivity index (χ3v) is 0. The van der Waals surface area contributed by atoms with Crippen LogP contribution >= 0.6 is 0 Å². The predicted octanol–water partition coefficient (Wildman–Crippen LogP) is 0.494. The second kappa shape index (κ2) is 142. The molecule has 0 heterocycles. The van der Waals surface area contributed by atoms with E-state index in [1.807, 2.05) is 0 Å². The standard InChI is InChI=1S/2C2H5.Al.Co.3H/c2*1-2;;;;;/h2*1H2,2H3;;;;;/q2*-1;;+2;;;. The Balaban J connectivity index is -0.00000000500. The fourth-order valence-electron chi connectivity index (χ4n) is 0. The summed E-state index contributed by atoms with van der Waals surface area (Å²) in [7, 11) is 0. The summed E-state index contributed by atoms with van der Waals surface area (Å²) >= 11 is 0. The second-order valence-electron chi connectivity index (χ2n) is 0. The van der Waals surface area contributed by atoms with E-state index >= 15 is 0 Å². The number of rotatable bonds is 0. The molecule has 0 aliphatic heterocycles. The Morgan fingerprint density at radius 3 is 0.833 bits per heavy atom. The third-order valence-electron chi connectivity index (χ3n) is 0. The Labute approximate surface area is 62.0 Å². The molecule has 0 unspecified atom stereocenters. The van der Waals surface area contributed by atoms with E-state index in [1.165, 1.54) is 0 Å². The van der Waals surface area contributed by atoms with E-state index in [4.69, 9.17) is 0 Å². The first-order valence-corrected chi connectivity index (χ1v) is 1.41. The van der Waals surface area contributed by atoms with Gasteiger partial charge in [-0.25, -0.2) is 0 Å². The molecule has 0 aliphatic carbocycles. The fraction of sp³-hybridized carbons (Fsp3) is 0.500. The molecule has 0 N–H and O–H groups in total. The van der Waals surface area contributed by atoms with Gasteiger partial charge in [-0.05, 0) is 0 Å². The minimum Gasteiger partial charge on any atom is -0.346 e. The van der Waals surface area contributed by atoms with Crippen LogP contribution in [0.2, 0.25) is 0 Å². The quantitative estimate of drug-likeness (QED) is 0.345. The van der Waals surface area contributed by atoms with E-state index < -0.39 is 0 Å². The van der Waals surface area contributed by atoms with Gasteiger partial charge in [0.2, 0.25) is 0 Å². The zero-order valence-corrected chi connectivity index (χ0v) is 4.79. The average molecular weight is 147 g/mol. The molecule has 1 radical (unpaired) electrons. The molecule has 41 valence electrons. The van der Waals surface area contributed by atoms with Crippen LogP contribution in [0.3, 0.4) is 0 Å². The fourth-order valence-corrected chi connectivity index (χ4v) is 0. The summed E-state index contributed by atoms with van der Waals surface area (Å²) in [5, 5.41) is 0. The van der Waals surface area contributed by atoms with E-state index in [1.54, 1.807) is 13.8 Å². The van der Waals surface area contributed by atoms with Crippen LogP contribution in [0.15, 0.2) is 0 Å². The van der Waals surface area contributed by atoms with Crippen LogP contribution in [-0.2, 0) is 16.8 Å². The van der Waals surface area contributed by atoms with Gasteiger partial charge < -0.3 is 13.8 Å². The van der Waals surface area contributed by atoms with Gasteiger partial charge in [0.1, 0.15) is 0 Å². The van der Waals surface area contributed by atoms with Crippen molar-refractivity contribution in [1.29, 1.82) is 0 Å². The van der Waals surface area contributed by atoms with Crippen LogP contribution in [0.5, 0.6) is 0 Å². The molecule has 0 fully saturated rings. The van der Waals surface area contributed by atoms with Gasteiger partial charge in [-0.1, -0.05) is 0 Å². The second-order valence-corrected chi connectivity index (χ2v) is 0. The summed E-state index contributed by atoms with van der Waals surface area (Å²) < 4.78 is 0. The molecule has 2 heteroatoms. The summed E-state index contributed by atoms with van der Waals surface area (Å²) in [5.41, 5.74) is 0. The molecule has 0 aromatic carbocycles. The van der Waals surface area contributed by atoms with Crippen molar-refractivity contribution in [2.75, 3.05) is 0 Å². The molecule has 0 saturated heterocycles. The summed E-state index contributed by atoms with van der Waals surface area (Å²) in [6, 6.07) is 0. The Morgan fingerprint density at radius 2 is 0.833 bits per heavy atom. The van der Waals surface area contributed by atoms with Crippen molar-refractivity contribution in [3.05, 3.63) is 13.8 Å². The van der Waals surface area contributed by atoms with Gasteiger partial charge in [-0.3, -0.25) is 0 Å². The molecule has 6 heavy (non-hydrogen) atoms. The summed E-state index contributed by atoms with van der Waals surface area (Å²) in [6.07, 6.45) is 0. The summed E-state index contributed by atoms with van der Waals surface area (Å²) in [4.78, 5) is 0. The van der Waals surface area contributed by atoms with Crippen LogP contribution in [0.4, 0.5) is 0 Å². The van der Waals surface area contributed by atoms with Crippen molar-refractivity contribution in [2.45, 2.75) is 13.8 Å². The Kier molecular flexibility index (Phi) is 658. The van der Waals surface area contributed by atoms with Gasteiger partial charge in [0.05, 0.1) is 0 Å². The van der Waals surface area contributed by atoms with Gasteiger partial charge in [0.25, 0.3) is 0 Å². The van der Waals surface area contributed by atoms with Crippen molar-refractivity contribution in [1.82, 2.24) is 0 Å². The predicted molar refractivity (Wildman–Crippen MR) is 32.0 cm³/mol. The van der Waals surface area contributed by atoms with Crippen molar-refractivity contribution in [3.8, 4) is 0 Å². The first kappa shape index (κ1) is 27.8. The minimum atomic E-state index is 0. The zero-order valence-electron chi connectivity index (χ0n) is 3.75. The maximum atomic E-state index is 3.25. The van der Waals surface area contributed by atoms with Crippen LogP contribution in [0.25, 0.3) is 0 Å². The Hall–Kier alpha value is 1.04. The minimum absolute atomic E-state index is 0. The largest absolute Gasteiger partial charge is 2.00 e. The molecule has 0 nitrogen and oxygen atoms in total. The van der Waals surface area contributed by atoms with E-state index in [-0.39, 0.29) is 34.1 Å². The third kappa shape index (κ3) is 76.2. The molecular formula is C4H13AlCo. The van der Waals surface area contributed by atoms with Crippen LogP contribution in [-0.4, -0.2) is 17.4 Å². The normalized spacial score (nSPS) is 2.00. The molecule has 0 spiro atoms. The monoisotopic (exact) mass is 147 g/mol. The van der Waals surface area contributed by atoms with Crippen LogP contribution in [0.1, 0.15) is 13.8 Å². The van der Waals surface area contributed by atoms with Crippen molar-refractivity contribution >= 4 is 17.4 Å². The molecule has 0 amide bonds. The molecule has 0 aliphatic rings. The average Bonchev–Trinajstić information content (AvgIpc) is 1.50. The Bertz CT molecular complexity index is 7.51. The number of hydrogen-bond acceptors (Lipinski definition) is 0. The van der Waals surface area contributed by atoms with Crippen LogP contribution < -0.4 is 0 Å². The first-order valence-electron chi connectivity index (χ1n) is 1.41. The molecule has 0 bridgehead atoms. The maximum absolute atomic E-state index is 3.25. The van der Waals surface area contributed by atoms with E-state index in [0.29, 0.717) is 0 Å². The molecular weight excluding hydrogens is 134 g/mol. The van der Waals surface area contributed by atoms with E-state index in [0.717, 1.165) is 0 Å². The molecule has 0 aromatic rings. The first-order chi connectivity index (χ1) is 2.00. The van der Waals surface area contributed by atoms with Crippen molar-refractivity contribution in [2.24, 2.45) is 0 Å². The molecule has 0 aromatic heterocycles. The maximum Gasteiger partial charge on any atom is 2.00 e. The van der Waals surface area contributed by atoms with Crippen LogP contribution in [0, 0.1) is 13.8 Å². The summed E-state index contributed by atoms with van der Waals surface area (Å²) in [5.74, 6) is 0. The van der Waals surface area contributed by atoms with E-state index in [9.17, 15) is 0 Å². The van der Waals surface area contributed by atoms with Gasteiger partial charge in [0, 0.05) is 0 Å². The zero-order chi connectivity index (χ0) is 4.00. The number of hydrogen-bond donors (Lipinski definition) is 0. The van der Waals surface area contributed by atoms with Gasteiger partial charge in [0.15, 0.2) is 17.4 Å².